The van der Waals surface area contributed by atoms with Crippen LogP contribution in [0.15, 0.2) is 30.3 Å². The van der Waals surface area contributed by atoms with Crippen molar-refractivity contribution in [2.24, 2.45) is 0 Å². The first-order chi connectivity index (χ1) is 7.17. The van der Waals surface area contributed by atoms with E-state index in [2.05, 4.69) is 0 Å². The fourth-order valence-electron chi connectivity index (χ4n) is 1.06. The number of benzene rings is 1. The fourth-order valence-corrected chi connectivity index (χ4v) is 5.01. The Balaban J connectivity index is 2.49. The number of rotatable bonds is 6. The lowest BCUT2D eigenvalue weighted by atomic mass is 10.4. The molecule has 1 unspecified atom stereocenters. The third-order valence-corrected chi connectivity index (χ3v) is 7.24. The van der Waals surface area contributed by atoms with E-state index in [1.807, 2.05) is 37.3 Å². The first-order valence-corrected chi connectivity index (χ1v) is 9.12. The molecule has 84 valence electrons. The van der Waals surface area contributed by atoms with E-state index in [0.29, 0.717) is 13.2 Å². The minimum atomic E-state index is -2.42. The van der Waals surface area contributed by atoms with Crippen LogP contribution in [-0.2, 0) is 16.5 Å². The molecule has 0 aliphatic heterocycles. The van der Waals surface area contributed by atoms with E-state index >= 15 is 0 Å². The Bertz CT molecular complexity index is 329. The lowest BCUT2D eigenvalue weighted by molar-refractivity contribution is 0.164. The van der Waals surface area contributed by atoms with Crippen molar-refractivity contribution in [1.82, 2.24) is 0 Å². The average Bonchev–Trinajstić information content (AvgIpc) is 2.26. The summed E-state index contributed by atoms with van der Waals surface area (Å²) < 4.78 is 5.20. The van der Waals surface area contributed by atoms with Crippen molar-refractivity contribution in [3.63, 3.8) is 0 Å². The maximum absolute atomic E-state index is 10.1. The minimum Gasteiger partial charge on any atom is -0.381 e. The second-order valence-corrected chi connectivity index (χ2v) is 9.75. The zero-order valence-electron chi connectivity index (χ0n) is 8.63. The predicted octanol–water partition coefficient (Wildman–Crippen LogP) is 2.38. The molecule has 0 aliphatic carbocycles. The zero-order valence-corrected chi connectivity index (χ0v) is 11.2. The van der Waals surface area contributed by atoms with Gasteiger partial charge in [-0.1, -0.05) is 53.5 Å². The molecule has 0 radical (unpaired) electrons. The van der Waals surface area contributed by atoms with Crippen LogP contribution in [0.3, 0.4) is 0 Å². The molecule has 1 aromatic rings. The molecule has 0 fully saturated rings. The lowest BCUT2D eigenvalue weighted by Crippen LogP contribution is -2.02. The van der Waals surface area contributed by atoms with Gasteiger partial charge in [0.25, 0.3) is 0 Å². The van der Waals surface area contributed by atoms with Gasteiger partial charge in [0, 0.05) is 17.7 Å². The van der Waals surface area contributed by atoms with Gasteiger partial charge in [-0.05, 0) is 6.92 Å². The summed E-state index contributed by atoms with van der Waals surface area (Å²) in [5, 5.41) is 0.862. The molecule has 1 rings (SSSR count). The SMILES string of the molecule is CCOCCSP(O)(=S)c1ccccc1. The van der Waals surface area contributed by atoms with Gasteiger partial charge in [-0.3, -0.25) is 0 Å². The van der Waals surface area contributed by atoms with E-state index < -0.39 is 5.47 Å². The van der Waals surface area contributed by atoms with E-state index in [1.54, 1.807) is 0 Å². The molecule has 2 nitrogen and oxygen atoms in total. The van der Waals surface area contributed by atoms with Crippen LogP contribution in [0.4, 0.5) is 0 Å². The maximum atomic E-state index is 10.1. The molecule has 5 heteroatoms. The van der Waals surface area contributed by atoms with Crippen LogP contribution < -0.4 is 5.30 Å². The summed E-state index contributed by atoms with van der Waals surface area (Å²) in [6, 6.07) is 9.48. The molecule has 0 amide bonds. The summed E-state index contributed by atoms with van der Waals surface area (Å²) in [4.78, 5) is 10.1. The highest BCUT2D eigenvalue weighted by atomic mass is 32.9. The summed E-state index contributed by atoms with van der Waals surface area (Å²) in [7, 11) is 0. The number of ether oxygens (including phenoxy) is 1. The van der Waals surface area contributed by atoms with E-state index in [4.69, 9.17) is 16.5 Å². The van der Waals surface area contributed by atoms with Gasteiger partial charge in [-0.2, -0.15) is 0 Å². The quantitative estimate of drug-likeness (QED) is 0.629. The van der Waals surface area contributed by atoms with Gasteiger partial charge >= 0.3 is 0 Å². The highest BCUT2D eigenvalue weighted by Crippen LogP contribution is 2.53. The van der Waals surface area contributed by atoms with Crippen LogP contribution in [0.5, 0.6) is 0 Å². The van der Waals surface area contributed by atoms with Gasteiger partial charge in [-0.25, -0.2) is 0 Å². The maximum Gasteiger partial charge on any atom is 0.146 e. The molecule has 0 aromatic heterocycles. The van der Waals surface area contributed by atoms with Crippen molar-refractivity contribution in [3.05, 3.63) is 30.3 Å². The van der Waals surface area contributed by atoms with Gasteiger partial charge in [0.1, 0.15) is 5.47 Å². The molecule has 0 heterocycles. The normalized spacial score (nSPS) is 14.8. The highest BCUT2D eigenvalue weighted by molar-refractivity contribution is 8.71. The Labute approximate surface area is 99.9 Å². The molecular weight excluding hydrogens is 247 g/mol. The number of hydrogen-bond acceptors (Lipinski definition) is 3. The topological polar surface area (TPSA) is 29.5 Å². The number of hydrogen-bond donors (Lipinski definition) is 1. The van der Waals surface area contributed by atoms with E-state index in [0.717, 1.165) is 11.1 Å². The highest BCUT2D eigenvalue weighted by Gasteiger charge is 2.15. The summed E-state index contributed by atoms with van der Waals surface area (Å²) >= 11 is 6.66. The predicted molar refractivity (Wildman–Crippen MR) is 71.5 cm³/mol. The van der Waals surface area contributed by atoms with Crippen LogP contribution >= 0.6 is 16.8 Å². The molecule has 15 heavy (non-hydrogen) atoms. The summed E-state index contributed by atoms with van der Waals surface area (Å²) in [6.45, 7) is 3.31. The summed E-state index contributed by atoms with van der Waals surface area (Å²) in [6.07, 6.45) is 0. The molecule has 0 spiro atoms. The van der Waals surface area contributed by atoms with Crippen LogP contribution in [0.2, 0.25) is 0 Å². The molecule has 0 saturated carbocycles. The second kappa shape index (κ2) is 6.66. The molecule has 1 N–H and O–H groups in total. The molecule has 1 aromatic carbocycles. The zero-order chi connectivity index (χ0) is 11.1. The monoisotopic (exact) mass is 262 g/mol. The Morgan fingerprint density at radius 2 is 2.07 bits per heavy atom. The van der Waals surface area contributed by atoms with E-state index in [1.165, 1.54) is 11.4 Å². The second-order valence-electron chi connectivity index (χ2n) is 2.89. The molecule has 1 atom stereocenters. The summed E-state index contributed by atoms with van der Waals surface area (Å²) in [5.74, 6) is 0.747. The van der Waals surface area contributed by atoms with Gasteiger partial charge < -0.3 is 9.63 Å². The van der Waals surface area contributed by atoms with Gasteiger partial charge in [0.15, 0.2) is 0 Å². The third kappa shape index (κ3) is 4.66. The largest absolute Gasteiger partial charge is 0.381 e. The van der Waals surface area contributed by atoms with Crippen molar-refractivity contribution in [2.75, 3.05) is 19.0 Å². The molecule has 0 aliphatic rings. The smallest absolute Gasteiger partial charge is 0.146 e. The molecule has 0 bridgehead atoms. The van der Waals surface area contributed by atoms with Crippen molar-refractivity contribution in [3.8, 4) is 0 Å². The van der Waals surface area contributed by atoms with Crippen molar-refractivity contribution >= 4 is 34.0 Å². The summed E-state index contributed by atoms with van der Waals surface area (Å²) in [5.41, 5.74) is -2.42. The Morgan fingerprint density at radius 1 is 1.40 bits per heavy atom. The van der Waals surface area contributed by atoms with Crippen molar-refractivity contribution in [1.29, 1.82) is 0 Å². The third-order valence-electron chi connectivity index (χ3n) is 1.78. The Morgan fingerprint density at radius 3 is 2.67 bits per heavy atom. The van der Waals surface area contributed by atoms with Gasteiger partial charge in [0.05, 0.1) is 6.61 Å². The Hall–Kier alpha value is 0.140. The average molecular weight is 262 g/mol. The van der Waals surface area contributed by atoms with Crippen LogP contribution in [0, 0.1) is 0 Å². The van der Waals surface area contributed by atoms with Crippen LogP contribution in [0.1, 0.15) is 6.92 Å². The van der Waals surface area contributed by atoms with E-state index in [9.17, 15) is 4.89 Å². The van der Waals surface area contributed by atoms with Gasteiger partial charge in [-0.15, -0.1) is 0 Å². The van der Waals surface area contributed by atoms with Crippen LogP contribution in [-0.4, -0.2) is 23.9 Å². The van der Waals surface area contributed by atoms with Crippen LogP contribution in [0.25, 0.3) is 0 Å². The van der Waals surface area contributed by atoms with Crippen molar-refractivity contribution < 1.29 is 9.63 Å². The van der Waals surface area contributed by atoms with E-state index in [-0.39, 0.29) is 0 Å². The Kier molecular flexibility index (Phi) is 5.87. The van der Waals surface area contributed by atoms with Crippen molar-refractivity contribution in [2.45, 2.75) is 6.92 Å². The molecule has 0 saturated heterocycles. The first-order valence-electron chi connectivity index (χ1n) is 4.77. The van der Waals surface area contributed by atoms with Gasteiger partial charge in [0.2, 0.25) is 0 Å². The molecular formula is C10H15O2PS2. The lowest BCUT2D eigenvalue weighted by Gasteiger charge is -2.14. The standard InChI is InChI=1S/C10H15O2PS2/c1-2-12-8-9-15-13(11,14)10-6-4-3-5-7-10/h3-7H,2,8-9H2,1H3,(H,11,14). The first kappa shape index (κ1) is 13.2. The minimum absolute atomic E-state index is 0.646. The fraction of sp³-hybridized carbons (Fsp3) is 0.400.